The minimum Gasteiger partial charge on any atom is -0.323 e. The predicted molar refractivity (Wildman–Crippen MR) is 69.8 cm³/mol. The molecule has 9 heteroatoms. The fraction of sp³-hybridized carbons (Fsp3) is 0.636. The van der Waals surface area contributed by atoms with E-state index in [1.165, 1.54) is 12.4 Å². The fourth-order valence-electron chi connectivity index (χ4n) is 2.02. The molecule has 0 bridgehead atoms. The van der Waals surface area contributed by atoms with E-state index in [0.717, 1.165) is 24.1 Å². The van der Waals surface area contributed by atoms with Crippen LogP contribution in [0.3, 0.4) is 0 Å². The van der Waals surface area contributed by atoms with Crippen LogP contribution in [0, 0.1) is 5.92 Å². The molecular weight excluding hydrogens is 297 g/mol. The number of halogens is 4. The summed E-state index contributed by atoms with van der Waals surface area (Å²) in [6.07, 6.45) is -0.205. The Morgan fingerprint density at radius 1 is 1.55 bits per heavy atom. The normalized spacial score (nSPS) is 19.2. The van der Waals surface area contributed by atoms with Gasteiger partial charge in [-0.15, -0.1) is 12.4 Å². The summed E-state index contributed by atoms with van der Waals surface area (Å²) in [6, 6.07) is 0. The lowest BCUT2D eigenvalue weighted by Crippen LogP contribution is -2.37. The van der Waals surface area contributed by atoms with Gasteiger partial charge in [-0.1, -0.05) is 0 Å². The van der Waals surface area contributed by atoms with Gasteiger partial charge in [-0.2, -0.15) is 18.3 Å². The SMILES string of the molecule is Cl.O=C(Nc1cnn(CC(F)(F)F)c1)C1CCCNC1. The van der Waals surface area contributed by atoms with Crippen LogP contribution in [-0.4, -0.2) is 35.0 Å². The van der Waals surface area contributed by atoms with Crippen molar-refractivity contribution in [1.29, 1.82) is 0 Å². The molecule has 0 saturated carbocycles. The molecule has 1 saturated heterocycles. The van der Waals surface area contributed by atoms with Crippen LogP contribution in [0.15, 0.2) is 12.4 Å². The molecule has 20 heavy (non-hydrogen) atoms. The lowest BCUT2D eigenvalue weighted by molar-refractivity contribution is -0.142. The third kappa shape index (κ3) is 5.01. The Bertz CT molecular complexity index is 443. The molecule has 0 aliphatic carbocycles. The molecule has 2 rings (SSSR count). The summed E-state index contributed by atoms with van der Waals surface area (Å²) >= 11 is 0. The first-order valence-corrected chi connectivity index (χ1v) is 6.05. The molecule has 1 aromatic heterocycles. The third-order valence-electron chi connectivity index (χ3n) is 2.91. The van der Waals surface area contributed by atoms with Gasteiger partial charge in [0.25, 0.3) is 0 Å². The highest BCUT2D eigenvalue weighted by molar-refractivity contribution is 5.92. The summed E-state index contributed by atoms with van der Waals surface area (Å²) in [4.78, 5) is 11.9. The molecule has 2 N–H and O–H groups in total. The number of amides is 1. The zero-order valence-electron chi connectivity index (χ0n) is 10.6. The molecule has 0 aromatic carbocycles. The average Bonchev–Trinajstić information content (AvgIpc) is 2.75. The minimum absolute atomic E-state index is 0. The molecule has 2 heterocycles. The topological polar surface area (TPSA) is 59.0 Å². The summed E-state index contributed by atoms with van der Waals surface area (Å²) in [5.74, 6) is -0.321. The molecule has 1 unspecified atom stereocenters. The maximum absolute atomic E-state index is 12.1. The summed E-state index contributed by atoms with van der Waals surface area (Å²) < 4.78 is 37.2. The zero-order valence-corrected chi connectivity index (χ0v) is 11.4. The Morgan fingerprint density at radius 3 is 2.90 bits per heavy atom. The number of rotatable bonds is 3. The van der Waals surface area contributed by atoms with E-state index in [1.54, 1.807) is 0 Å². The Hall–Kier alpha value is -1.28. The summed E-state index contributed by atoms with van der Waals surface area (Å²) in [5, 5.41) is 9.26. The van der Waals surface area contributed by atoms with Gasteiger partial charge in [0.2, 0.25) is 5.91 Å². The first-order valence-electron chi connectivity index (χ1n) is 6.05. The monoisotopic (exact) mass is 312 g/mol. The smallest absolute Gasteiger partial charge is 0.323 e. The number of carbonyl (C=O) groups excluding carboxylic acids is 1. The van der Waals surface area contributed by atoms with Crippen LogP contribution in [0.25, 0.3) is 0 Å². The van der Waals surface area contributed by atoms with Crippen molar-refractivity contribution in [1.82, 2.24) is 15.1 Å². The molecule has 1 atom stereocenters. The van der Waals surface area contributed by atoms with Crippen LogP contribution < -0.4 is 10.6 Å². The van der Waals surface area contributed by atoms with Crippen molar-refractivity contribution in [3.8, 4) is 0 Å². The van der Waals surface area contributed by atoms with Crippen molar-refractivity contribution < 1.29 is 18.0 Å². The van der Waals surface area contributed by atoms with E-state index >= 15 is 0 Å². The highest BCUT2D eigenvalue weighted by atomic mass is 35.5. The maximum atomic E-state index is 12.1. The first kappa shape index (κ1) is 16.8. The van der Waals surface area contributed by atoms with E-state index in [1.807, 2.05) is 0 Å². The fourth-order valence-corrected chi connectivity index (χ4v) is 2.02. The second-order valence-electron chi connectivity index (χ2n) is 4.57. The molecule has 0 radical (unpaired) electrons. The van der Waals surface area contributed by atoms with E-state index in [4.69, 9.17) is 0 Å². The zero-order chi connectivity index (χ0) is 13.9. The van der Waals surface area contributed by atoms with Gasteiger partial charge >= 0.3 is 6.18 Å². The van der Waals surface area contributed by atoms with Crippen molar-refractivity contribution in [2.75, 3.05) is 18.4 Å². The molecule has 1 amide bonds. The van der Waals surface area contributed by atoms with Crippen LogP contribution in [-0.2, 0) is 11.3 Å². The Balaban J connectivity index is 0.00000200. The number of carbonyl (C=O) groups is 1. The van der Waals surface area contributed by atoms with Crippen LogP contribution in [0.2, 0.25) is 0 Å². The molecule has 1 aliphatic heterocycles. The Kier molecular flexibility index (Phi) is 5.82. The number of anilines is 1. The Labute approximate surface area is 120 Å². The summed E-state index contributed by atoms with van der Waals surface area (Å²) in [5.41, 5.74) is 0.292. The van der Waals surface area contributed by atoms with Crippen LogP contribution >= 0.6 is 12.4 Å². The number of aromatic nitrogens is 2. The highest BCUT2D eigenvalue weighted by Crippen LogP contribution is 2.19. The minimum atomic E-state index is -4.32. The van der Waals surface area contributed by atoms with Gasteiger partial charge in [-0.3, -0.25) is 9.48 Å². The number of hydrogen-bond acceptors (Lipinski definition) is 3. The van der Waals surface area contributed by atoms with Gasteiger partial charge in [0.1, 0.15) is 6.54 Å². The second kappa shape index (κ2) is 6.94. The number of hydrogen-bond donors (Lipinski definition) is 2. The van der Waals surface area contributed by atoms with Crippen molar-refractivity contribution in [2.24, 2.45) is 5.92 Å². The number of nitrogens with zero attached hydrogens (tertiary/aromatic N) is 2. The van der Waals surface area contributed by atoms with E-state index in [2.05, 4.69) is 15.7 Å². The lowest BCUT2D eigenvalue weighted by Gasteiger charge is -2.21. The average molecular weight is 313 g/mol. The third-order valence-corrected chi connectivity index (χ3v) is 2.91. The van der Waals surface area contributed by atoms with Crippen molar-refractivity contribution in [3.05, 3.63) is 12.4 Å². The van der Waals surface area contributed by atoms with E-state index < -0.39 is 12.7 Å². The van der Waals surface area contributed by atoms with Crippen molar-refractivity contribution in [2.45, 2.75) is 25.6 Å². The highest BCUT2D eigenvalue weighted by Gasteiger charge is 2.28. The van der Waals surface area contributed by atoms with Crippen LogP contribution in [0.1, 0.15) is 12.8 Å². The van der Waals surface area contributed by atoms with E-state index in [0.29, 0.717) is 12.2 Å². The largest absolute Gasteiger partial charge is 0.408 e. The van der Waals surface area contributed by atoms with Gasteiger partial charge < -0.3 is 10.6 Å². The number of piperidine rings is 1. The molecule has 1 aromatic rings. The standard InChI is InChI=1S/C11H15F3N4O.ClH/c12-11(13,14)7-18-6-9(5-16-18)17-10(19)8-2-1-3-15-4-8;/h5-6,8,15H,1-4,7H2,(H,17,19);1H. The molecule has 5 nitrogen and oxygen atoms in total. The molecule has 1 fully saturated rings. The molecular formula is C11H16ClF3N4O. The second-order valence-corrected chi connectivity index (χ2v) is 4.57. The molecule has 0 spiro atoms. The summed E-state index contributed by atoms with van der Waals surface area (Å²) in [7, 11) is 0. The number of alkyl halides is 3. The van der Waals surface area contributed by atoms with Gasteiger partial charge in [0, 0.05) is 12.7 Å². The first-order chi connectivity index (χ1) is 8.94. The molecule has 1 aliphatic rings. The van der Waals surface area contributed by atoms with E-state index in [9.17, 15) is 18.0 Å². The quantitative estimate of drug-likeness (QED) is 0.895. The van der Waals surface area contributed by atoms with Crippen LogP contribution in [0.5, 0.6) is 0 Å². The van der Waals surface area contributed by atoms with Gasteiger partial charge in [-0.05, 0) is 19.4 Å². The Morgan fingerprint density at radius 2 is 2.30 bits per heavy atom. The van der Waals surface area contributed by atoms with E-state index in [-0.39, 0.29) is 24.2 Å². The van der Waals surface area contributed by atoms with Crippen molar-refractivity contribution >= 4 is 24.0 Å². The van der Waals surface area contributed by atoms with Crippen molar-refractivity contribution in [3.63, 3.8) is 0 Å². The maximum Gasteiger partial charge on any atom is 0.408 e. The van der Waals surface area contributed by atoms with Gasteiger partial charge in [0.15, 0.2) is 0 Å². The predicted octanol–water partition coefficient (Wildman–Crippen LogP) is 1.81. The van der Waals surface area contributed by atoms with Gasteiger partial charge in [0.05, 0.1) is 17.8 Å². The summed E-state index contributed by atoms with van der Waals surface area (Å²) in [6.45, 7) is 0.337. The van der Waals surface area contributed by atoms with Gasteiger partial charge in [-0.25, -0.2) is 0 Å². The lowest BCUT2D eigenvalue weighted by atomic mass is 9.99. The van der Waals surface area contributed by atoms with Crippen LogP contribution in [0.4, 0.5) is 18.9 Å². The molecule has 114 valence electrons. The number of nitrogens with one attached hydrogen (secondary N) is 2.